The molecule has 1 unspecified atom stereocenters. The first kappa shape index (κ1) is 30.9. The Bertz CT molecular complexity index is 1520. The predicted octanol–water partition coefficient (Wildman–Crippen LogP) is 10.6. The van der Waals surface area contributed by atoms with Crippen molar-refractivity contribution in [2.24, 2.45) is 5.92 Å². The highest BCUT2D eigenvalue weighted by Gasteiger charge is 2.26. The molecule has 0 saturated carbocycles. The lowest BCUT2D eigenvalue weighted by Crippen LogP contribution is -2.23. The molecule has 0 radical (unpaired) electrons. The Morgan fingerprint density at radius 1 is 0.682 bits per heavy atom. The molecule has 0 amide bonds. The van der Waals surface area contributed by atoms with Crippen LogP contribution in [0.5, 0.6) is 0 Å². The van der Waals surface area contributed by atoms with E-state index in [-0.39, 0.29) is 5.57 Å². The van der Waals surface area contributed by atoms with Crippen LogP contribution in [-0.4, -0.2) is 7.05 Å². The van der Waals surface area contributed by atoms with E-state index in [0.29, 0.717) is 5.92 Å². The van der Waals surface area contributed by atoms with E-state index in [1.54, 1.807) is 0 Å². The molecular formula is C40H44N4. The minimum absolute atomic E-state index is 0.246. The third kappa shape index (κ3) is 7.15. The predicted molar refractivity (Wildman–Crippen MR) is 183 cm³/mol. The number of fused-ring (bicyclic) bond motifs is 1. The number of anilines is 4. The van der Waals surface area contributed by atoms with E-state index in [0.717, 1.165) is 66.8 Å². The minimum Gasteiger partial charge on any atom is -0.348 e. The van der Waals surface area contributed by atoms with Gasteiger partial charge in [-0.3, -0.25) is 0 Å². The van der Waals surface area contributed by atoms with Crippen LogP contribution < -0.4 is 9.80 Å². The number of allylic oxidation sites excluding steroid dienone is 6. The van der Waals surface area contributed by atoms with Crippen molar-refractivity contribution in [2.45, 2.75) is 78.1 Å². The van der Waals surface area contributed by atoms with Gasteiger partial charge in [0, 0.05) is 35.5 Å². The molecule has 0 bridgehead atoms. The summed E-state index contributed by atoms with van der Waals surface area (Å²) in [5, 5.41) is 18.7. The Morgan fingerprint density at radius 3 is 1.66 bits per heavy atom. The molecule has 4 nitrogen and oxygen atoms in total. The number of benzene rings is 3. The lowest BCUT2D eigenvalue weighted by Gasteiger charge is -2.33. The molecule has 3 aromatic carbocycles. The summed E-state index contributed by atoms with van der Waals surface area (Å²) in [5.74, 6) is 0.507. The van der Waals surface area contributed by atoms with Gasteiger partial charge in [0.15, 0.2) is 0 Å². The van der Waals surface area contributed by atoms with Crippen molar-refractivity contribution in [3.05, 3.63) is 118 Å². The van der Waals surface area contributed by atoms with Gasteiger partial charge in [0.2, 0.25) is 0 Å². The van der Waals surface area contributed by atoms with E-state index in [9.17, 15) is 10.5 Å². The third-order valence-corrected chi connectivity index (χ3v) is 9.15. The van der Waals surface area contributed by atoms with Crippen LogP contribution in [0.4, 0.5) is 22.7 Å². The lowest BCUT2D eigenvalue weighted by atomic mass is 9.77. The standard InChI is InChI=1S/C40H44N4/c1-4-6-8-30-10-17-37(18-11-30)44(38-19-12-31(13-20-38)9-7-5-2)39-24-22-36(23-25-39)43(3)40-21-16-32-14-15-33(26-34(32)27-40)35(28-41)29-42/h10-13,17-20,22-27,32H,4-9,14-16,21H2,1-3H3. The number of nitriles is 2. The number of aryl methyl sites for hydroxylation is 2. The summed E-state index contributed by atoms with van der Waals surface area (Å²) in [5.41, 5.74) is 11.0. The Kier molecular flexibility index (Phi) is 10.4. The first-order valence-electron chi connectivity index (χ1n) is 16.3. The highest BCUT2D eigenvalue weighted by atomic mass is 15.1. The summed E-state index contributed by atoms with van der Waals surface area (Å²) in [6, 6.07) is 31.1. The van der Waals surface area contributed by atoms with Crippen LogP contribution in [0, 0.1) is 28.6 Å². The molecule has 0 aliphatic heterocycles. The molecule has 5 rings (SSSR count). The zero-order valence-corrected chi connectivity index (χ0v) is 26.5. The van der Waals surface area contributed by atoms with Crippen LogP contribution in [0.1, 0.15) is 76.3 Å². The van der Waals surface area contributed by atoms with Crippen molar-refractivity contribution in [3.63, 3.8) is 0 Å². The summed E-state index contributed by atoms with van der Waals surface area (Å²) in [4.78, 5) is 4.63. The molecule has 1 atom stereocenters. The van der Waals surface area contributed by atoms with Crippen molar-refractivity contribution < 1.29 is 0 Å². The molecule has 3 aromatic rings. The fraction of sp³-hybridized carbons (Fsp3) is 0.350. The van der Waals surface area contributed by atoms with E-state index in [1.165, 1.54) is 48.1 Å². The quantitative estimate of drug-likeness (QED) is 0.212. The van der Waals surface area contributed by atoms with Gasteiger partial charge in [-0.1, -0.05) is 57.0 Å². The average Bonchev–Trinajstić information content (AvgIpc) is 3.08. The average molecular weight is 581 g/mol. The van der Waals surface area contributed by atoms with E-state index in [2.05, 4.69) is 128 Å². The second kappa shape index (κ2) is 14.8. The van der Waals surface area contributed by atoms with Gasteiger partial charge in [0.25, 0.3) is 0 Å². The number of hydrogen-bond donors (Lipinski definition) is 0. The summed E-state index contributed by atoms with van der Waals surface area (Å²) in [6.45, 7) is 4.48. The Labute approximate surface area is 264 Å². The molecule has 0 N–H and O–H groups in total. The maximum absolute atomic E-state index is 9.37. The minimum atomic E-state index is 0.246. The number of hydrogen-bond acceptors (Lipinski definition) is 4. The lowest BCUT2D eigenvalue weighted by molar-refractivity contribution is 0.495. The Morgan fingerprint density at radius 2 is 1.16 bits per heavy atom. The van der Waals surface area contributed by atoms with E-state index in [1.807, 2.05) is 0 Å². The molecule has 0 saturated heterocycles. The smallest absolute Gasteiger partial charge is 0.132 e. The Balaban J connectivity index is 1.42. The van der Waals surface area contributed by atoms with Crippen LogP contribution in [-0.2, 0) is 12.8 Å². The van der Waals surface area contributed by atoms with Crippen LogP contribution in [0.15, 0.2) is 107 Å². The fourth-order valence-electron chi connectivity index (χ4n) is 6.40. The third-order valence-electron chi connectivity index (χ3n) is 9.15. The molecular weight excluding hydrogens is 536 g/mol. The molecule has 0 fully saturated rings. The van der Waals surface area contributed by atoms with E-state index < -0.39 is 0 Å². The van der Waals surface area contributed by atoms with Crippen molar-refractivity contribution in [1.82, 2.24) is 0 Å². The van der Waals surface area contributed by atoms with Gasteiger partial charge in [-0.15, -0.1) is 0 Å². The van der Waals surface area contributed by atoms with Crippen molar-refractivity contribution in [3.8, 4) is 12.1 Å². The number of rotatable bonds is 11. The van der Waals surface area contributed by atoms with Gasteiger partial charge < -0.3 is 9.80 Å². The molecule has 2 aliphatic rings. The van der Waals surface area contributed by atoms with Crippen LogP contribution in [0.3, 0.4) is 0 Å². The van der Waals surface area contributed by atoms with E-state index >= 15 is 0 Å². The zero-order chi connectivity index (χ0) is 30.9. The molecule has 44 heavy (non-hydrogen) atoms. The first-order chi connectivity index (χ1) is 21.5. The van der Waals surface area contributed by atoms with Crippen LogP contribution in [0.2, 0.25) is 0 Å². The molecule has 0 heterocycles. The number of nitrogens with zero attached hydrogens (tertiary/aromatic N) is 4. The van der Waals surface area contributed by atoms with Gasteiger partial charge in [-0.2, -0.15) is 10.5 Å². The molecule has 0 aromatic heterocycles. The molecule has 2 aliphatic carbocycles. The van der Waals surface area contributed by atoms with Gasteiger partial charge in [-0.05, 0) is 134 Å². The topological polar surface area (TPSA) is 54.1 Å². The maximum Gasteiger partial charge on any atom is 0.132 e. The monoisotopic (exact) mass is 580 g/mol. The highest BCUT2D eigenvalue weighted by Crippen LogP contribution is 2.40. The Hall–Kier alpha value is -4.54. The van der Waals surface area contributed by atoms with Gasteiger partial charge in [0.1, 0.15) is 17.7 Å². The van der Waals surface area contributed by atoms with Crippen LogP contribution >= 0.6 is 0 Å². The van der Waals surface area contributed by atoms with Gasteiger partial charge >= 0.3 is 0 Å². The first-order valence-corrected chi connectivity index (χ1v) is 16.3. The number of unbranched alkanes of at least 4 members (excludes halogenated alkanes) is 2. The van der Waals surface area contributed by atoms with Crippen molar-refractivity contribution in [1.29, 1.82) is 10.5 Å². The zero-order valence-electron chi connectivity index (χ0n) is 26.5. The summed E-state index contributed by atoms with van der Waals surface area (Å²) in [6.07, 6.45) is 15.4. The van der Waals surface area contributed by atoms with Gasteiger partial charge in [-0.25, -0.2) is 0 Å². The highest BCUT2D eigenvalue weighted by molar-refractivity contribution is 5.77. The van der Waals surface area contributed by atoms with Crippen molar-refractivity contribution in [2.75, 3.05) is 16.8 Å². The maximum atomic E-state index is 9.37. The summed E-state index contributed by atoms with van der Waals surface area (Å²) in [7, 11) is 2.14. The molecule has 224 valence electrons. The SMILES string of the molecule is CCCCc1ccc(N(c2ccc(CCCC)cc2)c2ccc(N(C)C3=CC4=CC(=C(C#N)C#N)CCC4CC3)cc2)cc1. The summed E-state index contributed by atoms with van der Waals surface area (Å²) < 4.78 is 0. The second-order valence-electron chi connectivity index (χ2n) is 12.1. The fourth-order valence-corrected chi connectivity index (χ4v) is 6.40. The van der Waals surface area contributed by atoms with Crippen LogP contribution in [0.25, 0.3) is 0 Å². The molecule has 0 spiro atoms. The van der Waals surface area contributed by atoms with Crippen molar-refractivity contribution >= 4 is 22.7 Å². The molecule has 4 heteroatoms. The normalized spacial score (nSPS) is 15.8. The van der Waals surface area contributed by atoms with E-state index in [4.69, 9.17) is 0 Å². The summed E-state index contributed by atoms with van der Waals surface area (Å²) >= 11 is 0. The van der Waals surface area contributed by atoms with Gasteiger partial charge in [0.05, 0.1) is 0 Å². The largest absolute Gasteiger partial charge is 0.348 e. The second-order valence-corrected chi connectivity index (χ2v) is 12.1.